The Morgan fingerprint density at radius 1 is 1.17 bits per heavy atom. The molecular formula is C26H33N7O3. The maximum absolute atomic E-state index is 13.7. The van der Waals surface area contributed by atoms with Gasteiger partial charge in [-0.15, -0.1) is 0 Å². The number of carbonyl (C=O) groups excluding carboxylic acids is 2. The van der Waals surface area contributed by atoms with E-state index in [-0.39, 0.29) is 17.7 Å². The minimum atomic E-state index is -0.649. The van der Waals surface area contributed by atoms with Gasteiger partial charge in [0, 0.05) is 29.6 Å². The zero-order chi connectivity index (χ0) is 25.4. The number of pyridine rings is 1. The van der Waals surface area contributed by atoms with Crippen LogP contribution in [0.4, 0.5) is 5.82 Å². The van der Waals surface area contributed by atoms with E-state index in [1.54, 1.807) is 30.1 Å². The summed E-state index contributed by atoms with van der Waals surface area (Å²) in [6.45, 7) is 6.37. The van der Waals surface area contributed by atoms with Crippen LogP contribution in [0.3, 0.4) is 0 Å². The van der Waals surface area contributed by atoms with E-state index in [9.17, 15) is 9.59 Å². The minimum Gasteiger partial charge on any atom is -0.480 e. The number of anilines is 1. The van der Waals surface area contributed by atoms with Crippen LogP contribution >= 0.6 is 0 Å². The van der Waals surface area contributed by atoms with E-state index in [0.29, 0.717) is 35.8 Å². The average Bonchev–Trinajstić information content (AvgIpc) is 3.81. The molecule has 36 heavy (non-hydrogen) atoms. The molecular weight excluding hydrogens is 458 g/mol. The molecule has 10 heteroatoms. The quantitative estimate of drug-likeness (QED) is 0.398. The molecule has 3 N–H and O–H groups in total. The summed E-state index contributed by atoms with van der Waals surface area (Å²) in [6.07, 6.45) is 5.99. The number of hydrogen-bond acceptors (Lipinski definition) is 6. The molecule has 0 radical (unpaired) electrons. The maximum atomic E-state index is 13.7. The van der Waals surface area contributed by atoms with E-state index in [1.165, 1.54) is 0 Å². The van der Waals surface area contributed by atoms with Crippen molar-refractivity contribution in [2.45, 2.75) is 59.0 Å². The van der Waals surface area contributed by atoms with Crippen molar-refractivity contribution in [3.05, 3.63) is 41.5 Å². The Hall–Kier alpha value is -3.69. The van der Waals surface area contributed by atoms with Crippen molar-refractivity contribution in [3.63, 3.8) is 0 Å². The molecule has 0 unspecified atom stereocenters. The first kappa shape index (κ1) is 24.0. The SMILES string of the molecule is CCn1nccc1C(=O)N[C@H](C(=O)Nc1ccc(-c2c(C)n[nH]c2C)c(OC)n1)C(C1CC1)C1CC1. The monoisotopic (exact) mass is 491 g/mol. The Kier molecular flexibility index (Phi) is 6.51. The predicted molar refractivity (Wildman–Crippen MR) is 135 cm³/mol. The molecule has 2 amide bonds. The number of ether oxygens (including phenoxy) is 1. The number of rotatable bonds is 10. The van der Waals surface area contributed by atoms with Gasteiger partial charge < -0.3 is 15.4 Å². The van der Waals surface area contributed by atoms with Crippen LogP contribution in [0, 0.1) is 31.6 Å². The average molecular weight is 492 g/mol. The predicted octanol–water partition coefficient (Wildman–Crippen LogP) is 3.49. The van der Waals surface area contributed by atoms with Gasteiger partial charge in [-0.1, -0.05) is 0 Å². The summed E-state index contributed by atoms with van der Waals surface area (Å²) in [6, 6.07) is 4.67. The van der Waals surface area contributed by atoms with E-state index in [2.05, 4.69) is 30.9 Å². The maximum Gasteiger partial charge on any atom is 0.270 e. The molecule has 3 aromatic heterocycles. The number of aryl methyl sites for hydroxylation is 3. The molecule has 190 valence electrons. The van der Waals surface area contributed by atoms with E-state index < -0.39 is 6.04 Å². The minimum absolute atomic E-state index is 0.115. The lowest BCUT2D eigenvalue weighted by Crippen LogP contribution is -2.50. The summed E-state index contributed by atoms with van der Waals surface area (Å²) < 4.78 is 7.20. The molecule has 3 heterocycles. The van der Waals surface area contributed by atoms with Crippen LogP contribution in [0.15, 0.2) is 24.4 Å². The first-order valence-corrected chi connectivity index (χ1v) is 12.6. The summed E-state index contributed by atoms with van der Waals surface area (Å²) in [7, 11) is 1.55. The Balaban J connectivity index is 1.40. The lowest BCUT2D eigenvalue weighted by Gasteiger charge is -2.27. The van der Waals surface area contributed by atoms with Gasteiger partial charge in [-0.3, -0.25) is 19.4 Å². The fourth-order valence-electron chi connectivity index (χ4n) is 5.23. The molecule has 2 saturated carbocycles. The van der Waals surface area contributed by atoms with Crippen molar-refractivity contribution in [1.29, 1.82) is 0 Å². The fraction of sp³-hybridized carbons (Fsp3) is 0.500. The second-order valence-corrected chi connectivity index (χ2v) is 9.79. The molecule has 0 saturated heterocycles. The lowest BCUT2D eigenvalue weighted by atomic mass is 9.88. The van der Waals surface area contributed by atoms with Gasteiger partial charge in [-0.05, 0) is 82.4 Å². The molecule has 2 fully saturated rings. The van der Waals surface area contributed by atoms with Gasteiger partial charge in [0.05, 0.1) is 12.8 Å². The van der Waals surface area contributed by atoms with Crippen LogP contribution in [0.25, 0.3) is 11.1 Å². The zero-order valence-corrected chi connectivity index (χ0v) is 21.2. The van der Waals surface area contributed by atoms with Gasteiger partial charge in [-0.25, -0.2) is 0 Å². The second kappa shape index (κ2) is 9.75. The Morgan fingerprint density at radius 3 is 2.47 bits per heavy atom. The van der Waals surface area contributed by atoms with Crippen LogP contribution in [-0.4, -0.2) is 49.9 Å². The summed E-state index contributed by atoms with van der Waals surface area (Å²) in [5.74, 6) is 1.27. The summed E-state index contributed by atoms with van der Waals surface area (Å²) in [5, 5.41) is 17.4. The van der Waals surface area contributed by atoms with Gasteiger partial charge in [0.25, 0.3) is 5.91 Å². The number of hydrogen-bond donors (Lipinski definition) is 3. The van der Waals surface area contributed by atoms with Crippen LogP contribution in [0.2, 0.25) is 0 Å². The number of H-pyrrole nitrogens is 1. The third kappa shape index (κ3) is 4.72. The number of amides is 2. The molecule has 2 aliphatic rings. The molecule has 2 aliphatic carbocycles. The van der Waals surface area contributed by atoms with Crippen LogP contribution in [0.1, 0.15) is 54.5 Å². The van der Waals surface area contributed by atoms with Crippen molar-refractivity contribution < 1.29 is 14.3 Å². The summed E-state index contributed by atoms with van der Waals surface area (Å²) in [4.78, 5) is 31.4. The van der Waals surface area contributed by atoms with Gasteiger partial charge >= 0.3 is 0 Å². The normalized spacial score (nSPS) is 16.1. The van der Waals surface area contributed by atoms with Crippen molar-refractivity contribution in [2.24, 2.45) is 17.8 Å². The molecule has 0 aromatic carbocycles. The third-order valence-corrected chi connectivity index (χ3v) is 7.24. The molecule has 1 atom stereocenters. The van der Waals surface area contributed by atoms with Gasteiger partial charge in [-0.2, -0.15) is 15.2 Å². The van der Waals surface area contributed by atoms with E-state index in [1.807, 2.05) is 26.8 Å². The van der Waals surface area contributed by atoms with Crippen LogP contribution in [-0.2, 0) is 11.3 Å². The standard InChI is InChI=1S/C26H33N7O3/c1-5-33-19(12-13-27-33)24(34)30-23(22(16-6-7-16)17-8-9-17)25(35)28-20-11-10-18(26(29-20)36-4)21-14(2)31-32-15(21)3/h10-13,16-17,22-23H,5-9H2,1-4H3,(H,30,34)(H,31,32)(H,28,29,35)/t23-/m0/s1. The van der Waals surface area contributed by atoms with Crippen molar-refractivity contribution in [1.82, 2.24) is 30.3 Å². The smallest absolute Gasteiger partial charge is 0.270 e. The molecule has 0 bridgehead atoms. The van der Waals surface area contributed by atoms with E-state index in [4.69, 9.17) is 4.74 Å². The number of aromatic nitrogens is 5. The van der Waals surface area contributed by atoms with E-state index >= 15 is 0 Å². The van der Waals surface area contributed by atoms with Gasteiger partial charge in [0.15, 0.2) is 0 Å². The number of carbonyl (C=O) groups is 2. The fourth-order valence-corrected chi connectivity index (χ4v) is 5.23. The first-order chi connectivity index (χ1) is 17.4. The summed E-state index contributed by atoms with van der Waals surface area (Å²) >= 11 is 0. The molecule has 0 aliphatic heterocycles. The van der Waals surface area contributed by atoms with Gasteiger partial charge in [0.2, 0.25) is 11.8 Å². The second-order valence-electron chi connectivity index (χ2n) is 9.79. The van der Waals surface area contributed by atoms with Crippen molar-refractivity contribution >= 4 is 17.6 Å². The molecule has 0 spiro atoms. The molecule has 10 nitrogen and oxygen atoms in total. The Labute approximate surface area is 210 Å². The molecule has 3 aromatic rings. The van der Waals surface area contributed by atoms with Crippen LogP contribution in [0.5, 0.6) is 5.88 Å². The van der Waals surface area contributed by atoms with Gasteiger partial charge in [0.1, 0.15) is 17.6 Å². The number of methoxy groups -OCH3 is 1. The Morgan fingerprint density at radius 2 is 1.89 bits per heavy atom. The third-order valence-electron chi connectivity index (χ3n) is 7.24. The number of aromatic amines is 1. The lowest BCUT2D eigenvalue weighted by molar-refractivity contribution is -0.119. The van der Waals surface area contributed by atoms with Crippen molar-refractivity contribution in [3.8, 4) is 17.0 Å². The highest BCUT2D eigenvalue weighted by atomic mass is 16.5. The van der Waals surface area contributed by atoms with Crippen molar-refractivity contribution in [2.75, 3.05) is 12.4 Å². The highest BCUT2D eigenvalue weighted by Gasteiger charge is 2.48. The zero-order valence-electron chi connectivity index (χ0n) is 21.2. The Bertz CT molecular complexity index is 1240. The number of nitrogens with one attached hydrogen (secondary N) is 3. The summed E-state index contributed by atoms with van der Waals surface area (Å²) in [5.41, 5.74) is 3.93. The largest absolute Gasteiger partial charge is 0.480 e. The molecule has 5 rings (SSSR count). The highest BCUT2D eigenvalue weighted by molar-refractivity contribution is 6.00. The first-order valence-electron chi connectivity index (χ1n) is 12.6. The van der Waals surface area contributed by atoms with Crippen LogP contribution < -0.4 is 15.4 Å². The van der Waals surface area contributed by atoms with E-state index in [0.717, 1.165) is 48.2 Å². The number of nitrogens with zero attached hydrogens (tertiary/aromatic N) is 4. The highest BCUT2D eigenvalue weighted by Crippen LogP contribution is 2.51. The topological polar surface area (TPSA) is 127 Å².